The number of furan rings is 2. The topological polar surface area (TPSA) is 206 Å². The van der Waals surface area contributed by atoms with Crippen LogP contribution in [0.25, 0.3) is 0 Å². The molecule has 15 nitrogen and oxygen atoms in total. The summed E-state index contributed by atoms with van der Waals surface area (Å²) < 4.78 is 10.9. The van der Waals surface area contributed by atoms with Crippen LogP contribution >= 0.6 is 22.7 Å². The van der Waals surface area contributed by atoms with Crippen molar-refractivity contribution >= 4 is 62.5 Å². The number of thiophene rings is 2. The van der Waals surface area contributed by atoms with Crippen LogP contribution in [0.2, 0.25) is 0 Å². The summed E-state index contributed by atoms with van der Waals surface area (Å²) in [5.74, 6) is 1.26. The molecule has 0 saturated carbocycles. The zero-order chi connectivity index (χ0) is 42.6. The molecule has 1 radical (unpaired) electrons. The van der Waals surface area contributed by atoms with Gasteiger partial charge in [-0.1, -0.05) is 24.3 Å². The first-order valence-corrected chi connectivity index (χ1v) is 20.3. The Morgan fingerprint density at radius 2 is 1.00 bits per heavy atom. The van der Waals surface area contributed by atoms with Crippen LogP contribution in [0.5, 0.6) is 23.0 Å². The van der Waals surface area contributed by atoms with Gasteiger partial charge in [-0.3, -0.25) is 10.1 Å². The fourth-order valence-electron chi connectivity index (χ4n) is 5.90. The van der Waals surface area contributed by atoms with Crippen molar-refractivity contribution in [3.8, 4) is 23.0 Å². The van der Waals surface area contributed by atoms with Gasteiger partial charge in [0.05, 0.1) is 43.6 Å². The van der Waals surface area contributed by atoms with E-state index < -0.39 is 4.92 Å². The standard InChI is InChI=1S/C22H18N4O4S2.C22H19N3O4.Co/c27-21-8-6-16(26(29)30)11-20(21)24-23-19-7-5-15(12-22(19)28)25(13-17-3-1-9-31-17)14-18-4-2-10-32-18;26-21-8-2-1-7-19(21)23-24-20-10-9-16(13-22(20)27)25(14-17-5-3-11-28-17)15-18-6-4-12-29-18;/h1-12,27-28H,13-14H2;1-13,26-27H,14-15H2;. The van der Waals surface area contributed by atoms with Gasteiger partial charge >= 0.3 is 0 Å². The summed E-state index contributed by atoms with van der Waals surface area (Å²) in [6, 6.07) is 35.9. The second-order valence-electron chi connectivity index (χ2n) is 13.2. The van der Waals surface area contributed by atoms with E-state index in [-0.39, 0.29) is 56.8 Å². The van der Waals surface area contributed by atoms with E-state index in [9.17, 15) is 30.5 Å². The maximum Gasteiger partial charge on any atom is 0.271 e. The molecule has 0 aliphatic heterocycles. The summed E-state index contributed by atoms with van der Waals surface area (Å²) in [6.07, 6.45) is 3.25. The van der Waals surface area contributed by atoms with E-state index in [1.807, 2.05) is 64.2 Å². The van der Waals surface area contributed by atoms with E-state index in [0.29, 0.717) is 37.6 Å². The van der Waals surface area contributed by atoms with Gasteiger partial charge in [0.2, 0.25) is 0 Å². The van der Waals surface area contributed by atoms with Gasteiger partial charge < -0.3 is 39.1 Å². The van der Waals surface area contributed by atoms with Gasteiger partial charge in [-0.25, -0.2) is 0 Å². The summed E-state index contributed by atoms with van der Waals surface area (Å²) >= 11 is 3.34. The molecule has 0 spiro atoms. The fraction of sp³-hybridized carbons (Fsp3) is 0.0909. The third-order valence-electron chi connectivity index (χ3n) is 8.94. The fourth-order valence-corrected chi connectivity index (χ4v) is 7.33. The largest absolute Gasteiger partial charge is 0.506 e. The van der Waals surface area contributed by atoms with Crippen LogP contribution in [0.1, 0.15) is 21.3 Å². The molecule has 4 aromatic heterocycles. The molecule has 0 atom stereocenters. The number of hydrogen-bond acceptors (Lipinski definition) is 16. The number of azo groups is 2. The van der Waals surface area contributed by atoms with Crippen molar-refractivity contribution in [1.29, 1.82) is 0 Å². The van der Waals surface area contributed by atoms with Crippen molar-refractivity contribution in [1.82, 2.24) is 0 Å². The Labute approximate surface area is 373 Å². The van der Waals surface area contributed by atoms with Gasteiger partial charge in [0.15, 0.2) is 0 Å². The molecule has 62 heavy (non-hydrogen) atoms. The Morgan fingerprint density at radius 1 is 0.516 bits per heavy atom. The van der Waals surface area contributed by atoms with Crippen LogP contribution in [0.4, 0.5) is 39.8 Å². The second kappa shape index (κ2) is 21.3. The molecule has 0 amide bonds. The van der Waals surface area contributed by atoms with Crippen molar-refractivity contribution in [2.75, 3.05) is 9.80 Å². The molecule has 0 aliphatic carbocycles. The minimum atomic E-state index is -0.583. The quantitative estimate of drug-likeness (QED) is 0.0435. The normalized spacial score (nSPS) is 11.0. The van der Waals surface area contributed by atoms with E-state index in [1.54, 1.807) is 77.7 Å². The molecule has 0 fully saturated rings. The summed E-state index contributed by atoms with van der Waals surface area (Å²) in [4.78, 5) is 16.9. The maximum absolute atomic E-state index is 10.9. The molecule has 317 valence electrons. The monoisotopic (exact) mass is 914 g/mol. The number of anilines is 2. The number of rotatable bonds is 15. The van der Waals surface area contributed by atoms with Crippen molar-refractivity contribution in [2.45, 2.75) is 26.2 Å². The van der Waals surface area contributed by atoms with Crippen LogP contribution in [-0.2, 0) is 43.0 Å². The number of phenolic OH excluding ortho intramolecular Hbond substituents is 4. The third-order valence-corrected chi connectivity index (χ3v) is 10.7. The zero-order valence-electron chi connectivity index (χ0n) is 32.5. The van der Waals surface area contributed by atoms with Gasteiger partial charge in [-0.2, -0.15) is 0 Å². The number of nitro benzene ring substituents is 1. The minimum Gasteiger partial charge on any atom is -0.506 e. The summed E-state index contributed by atoms with van der Waals surface area (Å²) in [7, 11) is 0. The number of nitro groups is 1. The third kappa shape index (κ3) is 11.9. The van der Waals surface area contributed by atoms with Crippen LogP contribution in [0, 0.1) is 10.1 Å². The minimum absolute atomic E-state index is 0. The molecule has 8 aromatic rings. The van der Waals surface area contributed by atoms with Gasteiger partial charge in [0.1, 0.15) is 57.3 Å². The molecular weight excluding hydrogens is 878 g/mol. The van der Waals surface area contributed by atoms with Crippen molar-refractivity contribution < 1.29 is 51.0 Å². The zero-order valence-corrected chi connectivity index (χ0v) is 35.1. The van der Waals surface area contributed by atoms with Gasteiger partial charge in [0.25, 0.3) is 5.69 Å². The number of non-ortho nitro benzene ring substituents is 1. The van der Waals surface area contributed by atoms with Crippen molar-refractivity contribution in [3.63, 3.8) is 0 Å². The molecule has 4 N–H and O–H groups in total. The number of hydrogen-bond donors (Lipinski definition) is 4. The smallest absolute Gasteiger partial charge is 0.271 e. The molecule has 0 aliphatic rings. The second-order valence-corrected chi connectivity index (χ2v) is 15.3. The van der Waals surface area contributed by atoms with E-state index in [1.165, 1.54) is 28.0 Å². The average Bonchev–Trinajstić information content (AvgIpc) is 4.12. The molecule has 0 saturated heterocycles. The molecule has 0 unspecified atom stereocenters. The Bertz CT molecular complexity index is 2640. The number of nitrogens with zero attached hydrogens (tertiary/aromatic N) is 7. The van der Waals surface area contributed by atoms with E-state index >= 15 is 0 Å². The predicted molar refractivity (Wildman–Crippen MR) is 233 cm³/mol. The van der Waals surface area contributed by atoms with Crippen LogP contribution in [-0.4, -0.2) is 25.3 Å². The van der Waals surface area contributed by atoms with Crippen LogP contribution in [0.3, 0.4) is 0 Å². The molecule has 8 rings (SSSR count). The number of phenols is 4. The number of benzene rings is 4. The predicted octanol–water partition coefficient (Wildman–Crippen LogP) is 12.7. The van der Waals surface area contributed by atoms with E-state index in [2.05, 4.69) is 37.5 Å². The average molecular weight is 915 g/mol. The Morgan fingerprint density at radius 3 is 1.45 bits per heavy atom. The first-order chi connectivity index (χ1) is 29.7. The Hall–Kier alpha value is -7.25. The van der Waals surface area contributed by atoms with Gasteiger partial charge in [-0.05, 0) is 89.6 Å². The Balaban J connectivity index is 0.000000204. The van der Waals surface area contributed by atoms with Crippen molar-refractivity contribution in [2.24, 2.45) is 20.5 Å². The van der Waals surface area contributed by atoms with E-state index in [0.717, 1.165) is 29.0 Å². The number of para-hydroxylation sites is 1. The van der Waals surface area contributed by atoms with Gasteiger partial charge in [-0.15, -0.1) is 43.1 Å². The van der Waals surface area contributed by atoms with Gasteiger partial charge in [0, 0.05) is 62.2 Å². The summed E-state index contributed by atoms with van der Waals surface area (Å²) in [6.45, 7) is 2.40. The Kier molecular flexibility index (Phi) is 15.2. The van der Waals surface area contributed by atoms with Crippen LogP contribution in [0.15, 0.2) is 180 Å². The summed E-state index contributed by atoms with van der Waals surface area (Å²) in [5, 5.41) is 71.5. The number of aromatic hydroxyl groups is 4. The molecular formula is C44H37CoN7O8S2. The summed E-state index contributed by atoms with van der Waals surface area (Å²) in [5.41, 5.74) is 2.14. The molecule has 4 aromatic carbocycles. The van der Waals surface area contributed by atoms with E-state index in [4.69, 9.17) is 8.83 Å². The van der Waals surface area contributed by atoms with Crippen molar-refractivity contribution in [3.05, 3.63) is 182 Å². The molecule has 0 bridgehead atoms. The maximum atomic E-state index is 10.9. The first-order valence-electron chi connectivity index (χ1n) is 18.5. The molecule has 4 heterocycles. The van der Waals surface area contributed by atoms with Crippen LogP contribution < -0.4 is 9.80 Å². The molecule has 18 heteroatoms. The SMILES string of the molecule is O=[N+]([O-])c1ccc(O)c(N=Nc2ccc(N(Cc3cccs3)Cc3cccs3)cc2O)c1.Oc1ccccc1N=Nc1ccc(N(Cc2ccco2)Cc2ccco2)cc1O.[Co]. The first kappa shape index (κ1) is 44.3.